The summed E-state index contributed by atoms with van der Waals surface area (Å²) in [6.07, 6.45) is 0.188. The number of aliphatic hydroxyl groups is 1. The lowest BCUT2D eigenvalue weighted by Crippen LogP contribution is -2.43. The summed E-state index contributed by atoms with van der Waals surface area (Å²) < 4.78 is 5.31. The van der Waals surface area contributed by atoms with Crippen LogP contribution in [0.2, 0.25) is 5.02 Å². The molecule has 0 amide bonds. The van der Waals surface area contributed by atoms with Gasteiger partial charge in [-0.3, -0.25) is 10.1 Å². The van der Waals surface area contributed by atoms with Crippen molar-refractivity contribution < 1.29 is 14.8 Å². The molecule has 1 fully saturated rings. The average Bonchev–Trinajstić information content (AvgIpc) is 2.67. The highest BCUT2D eigenvalue weighted by molar-refractivity contribution is 6.31. The number of benzene rings is 1. The number of rotatable bonds is 4. The quantitative estimate of drug-likeness (QED) is 0.655. The molecule has 0 radical (unpaired) electrons. The molecular weight excluding hydrogens is 272 g/mol. The summed E-state index contributed by atoms with van der Waals surface area (Å²) in [5.41, 5.74) is -0.791. The molecule has 19 heavy (non-hydrogen) atoms. The first-order valence-corrected chi connectivity index (χ1v) is 6.32. The third kappa shape index (κ3) is 2.97. The van der Waals surface area contributed by atoms with Crippen molar-refractivity contribution in [3.63, 3.8) is 0 Å². The van der Waals surface area contributed by atoms with Crippen LogP contribution in [0.15, 0.2) is 18.2 Å². The Labute approximate surface area is 115 Å². The molecule has 0 bridgehead atoms. The summed E-state index contributed by atoms with van der Waals surface area (Å²) in [7, 11) is 0. The van der Waals surface area contributed by atoms with Crippen LogP contribution in [-0.4, -0.2) is 34.9 Å². The fraction of sp³-hybridized carbons (Fsp3) is 0.500. The zero-order valence-corrected chi connectivity index (χ0v) is 11.2. The van der Waals surface area contributed by atoms with E-state index in [9.17, 15) is 15.2 Å². The number of ether oxygens (including phenoxy) is 1. The van der Waals surface area contributed by atoms with E-state index < -0.39 is 10.5 Å². The van der Waals surface area contributed by atoms with Crippen LogP contribution in [0.4, 0.5) is 11.4 Å². The second-order valence-electron chi connectivity index (χ2n) is 4.64. The van der Waals surface area contributed by atoms with Crippen molar-refractivity contribution in [2.75, 3.05) is 18.5 Å². The zero-order chi connectivity index (χ0) is 14.0. The molecular formula is C12H15ClN2O4. The number of nitro benzene ring substituents is 1. The van der Waals surface area contributed by atoms with Gasteiger partial charge >= 0.3 is 0 Å². The summed E-state index contributed by atoms with van der Waals surface area (Å²) in [6, 6.07) is 4.27. The second kappa shape index (κ2) is 5.32. The van der Waals surface area contributed by atoms with Gasteiger partial charge in [0.05, 0.1) is 11.0 Å². The molecule has 0 aliphatic carbocycles. The predicted molar refractivity (Wildman–Crippen MR) is 71.6 cm³/mol. The molecule has 7 heteroatoms. The van der Waals surface area contributed by atoms with Gasteiger partial charge in [-0.25, -0.2) is 0 Å². The van der Waals surface area contributed by atoms with E-state index in [1.54, 1.807) is 6.92 Å². The Kier molecular flexibility index (Phi) is 3.93. The van der Waals surface area contributed by atoms with E-state index in [1.807, 2.05) is 0 Å². The molecule has 2 N–H and O–H groups in total. The predicted octanol–water partition coefficient (Wildman–Crippen LogP) is 2.20. The molecule has 2 rings (SSSR count). The van der Waals surface area contributed by atoms with E-state index in [2.05, 4.69) is 5.32 Å². The van der Waals surface area contributed by atoms with Crippen LogP contribution in [0.25, 0.3) is 0 Å². The van der Waals surface area contributed by atoms with E-state index in [4.69, 9.17) is 16.3 Å². The Hall–Kier alpha value is -1.37. The lowest BCUT2D eigenvalue weighted by Gasteiger charge is -2.26. The average molecular weight is 287 g/mol. The van der Waals surface area contributed by atoms with Gasteiger partial charge < -0.3 is 15.2 Å². The van der Waals surface area contributed by atoms with E-state index in [-0.39, 0.29) is 18.3 Å². The van der Waals surface area contributed by atoms with Crippen LogP contribution in [0.5, 0.6) is 0 Å². The topological polar surface area (TPSA) is 84.6 Å². The number of hydrogen-bond acceptors (Lipinski definition) is 5. The molecule has 0 spiro atoms. The minimum atomic E-state index is -1.02. The first kappa shape index (κ1) is 14.0. The molecule has 0 aromatic heterocycles. The van der Waals surface area contributed by atoms with Gasteiger partial charge in [0.1, 0.15) is 11.3 Å². The Morgan fingerprint density at radius 2 is 2.42 bits per heavy atom. The summed E-state index contributed by atoms with van der Waals surface area (Å²) in [5.74, 6) is 0. The van der Waals surface area contributed by atoms with Crippen LogP contribution in [0.3, 0.4) is 0 Å². The van der Waals surface area contributed by atoms with Crippen LogP contribution in [-0.2, 0) is 4.74 Å². The highest BCUT2D eigenvalue weighted by atomic mass is 35.5. The number of nitrogens with one attached hydrogen (secondary N) is 1. The Morgan fingerprint density at radius 3 is 3.00 bits per heavy atom. The Bertz CT molecular complexity index is 497. The van der Waals surface area contributed by atoms with Crippen molar-refractivity contribution in [2.24, 2.45) is 0 Å². The summed E-state index contributed by atoms with van der Waals surface area (Å²) in [4.78, 5) is 10.4. The standard InChI is InChI=1S/C12H15ClN2O4/c1-8-12(16,4-5-19-8)7-14-10-6-9(13)2-3-11(10)15(17)18/h2-3,6,8,14,16H,4-5,7H2,1H3. The minimum absolute atomic E-state index is 0.0698. The lowest BCUT2D eigenvalue weighted by molar-refractivity contribution is -0.384. The SMILES string of the molecule is CC1OCCC1(O)CNc1cc(Cl)ccc1[N+](=O)[O-]. The smallest absolute Gasteiger partial charge is 0.292 e. The van der Waals surface area contributed by atoms with Gasteiger partial charge in [-0.05, 0) is 19.1 Å². The second-order valence-corrected chi connectivity index (χ2v) is 5.08. The molecule has 1 aromatic rings. The number of nitro groups is 1. The fourth-order valence-electron chi connectivity index (χ4n) is 2.06. The van der Waals surface area contributed by atoms with Crippen molar-refractivity contribution in [3.05, 3.63) is 33.3 Å². The van der Waals surface area contributed by atoms with Gasteiger partial charge in [-0.15, -0.1) is 0 Å². The van der Waals surface area contributed by atoms with Crippen LogP contribution in [0, 0.1) is 10.1 Å². The molecule has 104 valence electrons. The fourth-order valence-corrected chi connectivity index (χ4v) is 2.23. The molecule has 2 atom stereocenters. The highest BCUT2D eigenvalue weighted by Gasteiger charge is 2.39. The minimum Gasteiger partial charge on any atom is -0.385 e. The molecule has 0 saturated carbocycles. The number of hydrogen-bond donors (Lipinski definition) is 2. The van der Waals surface area contributed by atoms with Crippen LogP contribution in [0.1, 0.15) is 13.3 Å². The summed E-state index contributed by atoms with van der Waals surface area (Å²) in [6.45, 7) is 2.44. The number of anilines is 1. The zero-order valence-electron chi connectivity index (χ0n) is 10.4. The van der Waals surface area contributed by atoms with Gasteiger partial charge in [0, 0.05) is 30.7 Å². The normalized spacial score (nSPS) is 26.4. The van der Waals surface area contributed by atoms with Gasteiger partial charge in [0.2, 0.25) is 0 Å². The van der Waals surface area contributed by atoms with E-state index in [0.717, 1.165) is 0 Å². The van der Waals surface area contributed by atoms with Crippen LogP contribution >= 0.6 is 11.6 Å². The van der Waals surface area contributed by atoms with Gasteiger partial charge in [0.15, 0.2) is 0 Å². The highest BCUT2D eigenvalue weighted by Crippen LogP contribution is 2.30. The monoisotopic (exact) mass is 286 g/mol. The molecule has 6 nitrogen and oxygen atoms in total. The largest absolute Gasteiger partial charge is 0.385 e. The third-order valence-corrected chi connectivity index (χ3v) is 3.63. The van der Waals surface area contributed by atoms with E-state index in [1.165, 1.54) is 18.2 Å². The van der Waals surface area contributed by atoms with Crippen molar-refractivity contribution in [3.8, 4) is 0 Å². The van der Waals surface area contributed by atoms with Crippen molar-refractivity contribution in [1.82, 2.24) is 0 Å². The van der Waals surface area contributed by atoms with Gasteiger partial charge in [0.25, 0.3) is 5.69 Å². The Balaban J connectivity index is 2.15. The van der Waals surface area contributed by atoms with Gasteiger partial charge in [-0.2, -0.15) is 0 Å². The van der Waals surface area contributed by atoms with Crippen molar-refractivity contribution in [2.45, 2.75) is 25.0 Å². The first-order valence-electron chi connectivity index (χ1n) is 5.94. The summed E-state index contributed by atoms with van der Waals surface area (Å²) >= 11 is 5.83. The molecule has 1 heterocycles. The molecule has 1 aromatic carbocycles. The molecule has 1 aliphatic heterocycles. The van der Waals surface area contributed by atoms with Crippen molar-refractivity contribution >= 4 is 23.0 Å². The van der Waals surface area contributed by atoms with E-state index in [0.29, 0.717) is 23.7 Å². The third-order valence-electron chi connectivity index (χ3n) is 3.40. The van der Waals surface area contributed by atoms with Crippen molar-refractivity contribution in [1.29, 1.82) is 0 Å². The number of nitrogens with zero attached hydrogens (tertiary/aromatic N) is 1. The molecule has 1 aliphatic rings. The maximum absolute atomic E-state index is 10.9. The molecule has 1 saturated heterocycles. The number of halogens is 1. The van der Waals surface area contributed by atoms with E-state index >= 15 is 0 Å². The lowest BCUT2D eigenvalue weighted by atomic mass is 9.96. The summed E-state index contributed by atoms with van der Waals surface area (Å²) in [5, 5.41) is 24.5. The first-order chi connectivity index (χ1) is 8.92. The Morgan fingerprint density at radius 1 is 1.68 bits per heavy atom. The van der Waals surface area contributed by atoms with Crippen LogP contribution < -0.4 is 5.32 Å². The maximum Gasteiger partial charge on any atom is 0.292 e. The maximum atomic E-state index is 10.9. The van der Waals surface area contributed by atoms with Gasteiger partial charge in [-0.1, -0.05) is 11.6 Å². The molecule has 2 unspecified atom stereocenters.